The molecule has 0 amide bonds. The second-order valence-electron chi connectivity index (χ2n) is 3.32. The van der Waals surface area contributed by atoms with Gasteiger partial charge >= 0.3 is 0 Å². The van der Waals surface area contributed by atoms with E-state index in [9.17, 15) is 4.79 Å². The Bertz CT molecular complexity index is 344. The van der Waals surface area contributed by atoms with Gasteiger partial charge in [0.25, 0.3) is 0 Å². The molecule has 2 heteroatoms. The van der Waals surface area contributed by atoms with Crippen molar-refractivity contribution >= 4 is 5.78 Å². The average Bonchev–Trinajstić information content (AvgIpc) is 2.28. The summed E-state index contributed by atoms with van der Waals surface area (Å²) >= 11 is 0. The lowest BCUT2D eigenvalue weighted by atomic mass is 10.1. The van der Waals surface area contributed by atoms with E-state index in [-0.39, 0.29) is 11.8 Å². The lowest BCUT2D eigenvalue weighted by Crippen LogP contribution is -2.05. The van der Waals surface area contributed by atoms with Crippen LogP contribution in [0.15, 0.2) is 18.2 Å². The molecule has 0 aliphatic heterocycles. The minimum Gasteiger partial charge on any atom is -0.324 e. The number of hydrogen-bond acceptors (Lipinski definition) is 2. The van der Waals surface area contributed by atoms with Crippen molar-refractivity contribution in [3.63, 3.8) is 0 Å². The number of ketones is 1. The van der Waals surface area contributed by atoms with Crippen LogP contribution in [0.2, 0.25) is 0 Å². The van der Waals surface area contributed by atoms with E-state index in [2.05, 4.69) is 0 Å². The molecule has 12 heavy (non-hydrogen) atoms. The Hall–Kier alpha value is -1.15. The molecule has 0 spiro atoms. The zero-order valence-electron chi connectivity index (χ0n) is 7.00. The fourth-order valence-electron chi connectivity index (χ4n) is 1.65. The number of nitrogens with two attached hydrogens (primary N) is 1. The number of carbonyl (C=O) groups is 1. The van der Waals surface area contributed by atoms with Crippen LogP contribution in [-0.4, -0.2) is 5.78 Å². The van der Waals surface area contributed by atoms with Gasteiger partial charge in [-0.3, -0.25) is 4.79 Å². The van der Waals surface area contributed by atoms with Gasteiger partial charge in [0.2, 0.25) is 0 Å². The largest absolute Gasteiger partial charge is 0.324 e. The number of rotatable bonds is 0. The number of aryl methyl sites for hydroxylation is 1. The van der Waals surface area contributed by atoms with Crippen LogP contribution in [0.25, 0.3) is 0 Å². The summed E-state index contributed by atoms with van der Waals surface area (Å²) in [5.41, 5.74) is 8.71. The van der Waals surface area contributed by atoms with E-state index in [1.165, 1.54) is 0 Å². The molecule has 0 bridgehead atoms. The molecule has 1 atom stereocenters. The van der Waals surface area contributed by atoms with E-state index in [4.69, 9.17) is 5.73 Å². The van der Waals surface area contributed by atoms with Crippen LogP contribution in [0.1, 0.15) is 33.9 Å². The number of benzene rings is 1. The van der Waals surface area contributed by atoms with Gasteiger partial charge in [-0.1, -0.05) is 17.7 Å². The minimum atomic E-state index is -0.0758. The third-order valence-electron chi connectivity index (χ3n) is 2.31. The molecule has 0 saturated heterocycles. The SMILES string of the molecule is Cc1ccc2c(c1)C(=O)C[C@@H]2N. The molecule has 1 aliphatic carbocycles. The van der Waals surface area contributed by atoms with E-state index in [0.29, 0.717) is 6.42 Å². The highest BCUT2D eigenvalue weighted by Crippen LogP contribution is 2.29. The zero-order valence-corrected chi connectivity index (χ0v) is 7.00. The van der Waals surface area contributed by atoms with Crippen molar-refractivity contribution in [1.82, 2.24) is 0 Å². The van der Waals surface area contributed by atoms with Crippen molar-refractivity contribution < 1.29 is 4.79 Å². The van der Waals surface area contributed by atoms with Gasteiger partial charge in [-0.05, 0) is 18.6 Å². The third kappa shape index (κ3) is 0.959. The molecular weight excluding hydrogens is 150 g/mol. The molecule has 1 aromatic rings. The van der Waals surface area contributed by atoms with Gasteiger partial charge in [-0.15, -0.1) is 0 Å². The number of fused-ring (bicyclic) bond motifs is 1. The quantitative estimate of drug-likeness (QED) is 0.627. The molecule has 0 unspecified atom stereocenters. The van der Waals surface area contributed by atoms with Crippen LogP contribution in [0.4, 0.5) is 0 Å². The molecule has 2 rings (SSSR count). The maximum absolute atomic E-state index is 11.3. The first-order chi connectivity index (χ1) is 5.68. The van der Waals surface area contributed by atoms with Crippen LogP contribution < -0.4 is 5.73 Å². The summed E-state index contributed by atoms with van der Waals surface area (Å²) in [5.74, 6) is 0.182. The van der Waals surface area contributed by atoms with Crippen LogP contribution in [-0.2, 0) is 0 Å². The van der Waals surface area contributed by atoms with Crippen molar-refractivity contribution in [1.29, 1.82) is 0 Å². The molecular formula is C10H11NO. The van der Waals surface area contributed by atoms with Gasteiger partial charge in [0.1, 0.15) is 0 Å². The summed E-state index contributed by atoms with van der Waals surface area (Å²) in [6, 6.07) is 5.80. The molecule has 62 valence electrons. The molecule has 0 heterocycles. The first kappa shape index (κ1) is 7.50. The van der Waals surface area contributed by atoms with Gasteiger partial charge in [0, 0.05) is 18.0 Å². The van der Waals surface area contributed by atoms with Gasteiger partial charge in [0.15, 0.2) is 5.78 Å². The van der Waals surface area contributed by atoms with Crippen molar-refractivity contribution in [3.8, 4) is 0 Å². The van der Waals surface area contributed by atoms with E-state index < -0.39 is 0 Å². The molecule has 0 saturated carbocycles. The summed E-state index contributed by atoms with van der Waals surface area (Å²) in [4.78, 5) is 11.3. The number of Topliss-reactive ketones (excluding diaryl/α,β-unsaturated/α-hetero) is 1. The van der Waals surface area contributed by atoms with Gasteiger partial charge in [-0.25, -0.2) is 0 Å². The monoisotopic (exact) mass is 161 g/mol. The predicted molar refractivity (Wildman–Crippen MR) is 47.1 cm³/mol. The summed E-state index contributed by atoms with van der Waals surface area (Å²) < 4.78 is 0. The Labute approximate surface area is 71.4 Å². The highest BCUT2D eigenvalue weighted by Gasteiger charge is 2.25. The van der Waals surface area contributed by atoms with Crippen molar-refractivity contribution in [2.24, 2.45) is 5.73 Å². The average molecular weight is 161 g/mol. The molecule has 1 aromatic carbocycles. The highest BCUT2D eigenvalue weighted by molar-refractivity contribution is 6.01. The Kier molecular flexibility index (Phi) is 1.51. The van der Waals surface area contributed by atoms with Gasteiger partial charge in [0.05, 0.1) is 0 Å². The van der Waals surface area contributed by atoms with Crippen LogP contribution in [0.5, 0.6) is 0 Å². The first-order valence-electron chi connectivity index (χ1n) is 4.08. The molecule has 0 aromatic heterocycles. The molecule has 2 N–H and O–H groups in total. The Balaban J connectivity index is 2.60. The maximum Gasteiger partial charge on any atom is 0.165 e. The Morgan fingerprint density at radius 2 is 2.25 bits per heavy atom. The molecule has 0 fully saturated rings. The fraction of sp³-hybridized carbons (Fsp3) is 0.300. The summed E-state index contributed by atoms with van der Waals surface area (Å²) in [5, 5.41) is 0. The minimum absolute atomic E-state index is 0.0758. The summed E-state index contributed by atoms with van der Waals surface area (Å²) in [6.45, 7) is 1.98. The lowest BCUT2D eigenvalue weighted by Gasteiger charge is -2.02. The van der Waals surface area contributed by atoms with E-state index >= 15 is 0 Å². The molecule has 1 aliphatic rings. The number of hydrogen-bond donors (Lipinski definition) is 1. The predicted octanol–water partition coefficient (Wildman–Crippen LogP) is 1.58. The first-order valence-corrected chi connectivity index (χ1v) is 4.08. The number of carbonyl (C=O) groups excluding carboxylic acids is 1. The summed E-state index contributed by atoms with van der Waals surface area (Å²) in [6.07, 6.45) is 0.471. The van der Waals surface area contributed by atoms with Gasteiger partial charge < -0.3 is 5.73 Å². The van der Waals surface area contributed by atoms with Crippen LogP contribution in [0, 0.1) is 6.92 Å². The lowest BCUT2D eigenvalue weighted by molar-refractivity contribution is 0.0989. The van der Waals surface area contributed by atoms with Gasteiger partial charge in [-0.2, -0.15) is 0 Å². The van der Waals surface area contributed by atoms with E-state index in [1.54, 1.807) is 0 Å². The second-order valence-corrected chi connectivity index (χ2v) is 3.32. The van der Waals surface area contributed by atoms with Crippen molar-refractivity contribution in [2.45, 2.75) is 19.4 Å². The standard InChI is InChI=1S/C10H11NO/c1-6-2-3-7-8(4-6)10(12)5-9(7)11/h2-4,9H,5,11H2,1H3/t9-/m0/s1. The molecule has 2 nitrogen and oxygen atoms in total. The fourth-order valence-corrected chi connectivity index (χ4v) is 1.65. The highest BCUT2D eigenvalue weighted by atomic mass is 16.1. The topological polar surface area (TPSA) is 43.1 Å². The van der Waals surface area contributed by atoms with Crippen LogP contribution in [0.3, 0.4) is 0 Å². The van der Waals surface area contributed by atoms with Crippen molar-refractivity contribution in [3.05, 3.63) is 34.9 Å². The van der Waals surface area contributed by atoms with Crippen LogP contribution >= 0.6 is 0 Å². The smallest absolute Gasteiger partial charge is 0.165 e. The molecule has 0 radical (unpaired) electrons. The maximum atomic E-state index is 11.3. The Morgan fingerprint density at radius 3 is 3.00 bits per heavy atom. The zero-order chi connectivity index (χ0) is 8.72. The van der Waals surface area contributed by atoms with E-state index in [1.807, 2.05) is 25.1 Å². The third-order valence-corrected chi connectivity index (χ3v) is 2.31. The summed E-state index contributed by atoms with van der Waals surface area (Å²) in [7, 11) is 0. The van der Waals surface area contributed by atoms with E-state index in [0.717, 1.165) is 16.7 Å². The van der Waals surface area contributed by atoms with Crippen molar-refractivity contribution in [2.75, 3.05) is 0 Å². The second kappa shape index (κ2) is 2.42. The normalized spacial score (nSPS) is 21.2. The Morgan fingerprint density at radius 1 is 1.50 bits per heavy atom.